The smallest absolute Gasteiger partial charge is 0.318 e. The molecule has 4 rings (SSSR count). The molecule has 3 atom stereocenters. The number of benzene rings is 1. The first kappa shape index (κ1) is 31.5. The van der Waals surface area contributed by atoms with Gasteiger partial charge in [-0.2, -0.15) is 0 Å². The van der Waals surface area contributed by atoms with Crippen LogP contribution in [0.15, 0.2) is 54.9 Å². The standard InChI is InChI=1S/C32H43N7O4/c1-21(2)17-27(37-32(43)39-15-9-4-10-16-39)31(42)38(3)28(18-22-20-35-25-13-6-5-12-24(22)25)30(41)36-26(29(33)40)19-23-11-7-8-14-34-23/h5-8,11-14,20-21,26-28,35H,4,9-10,15-19H2,1-3H3,(H2,33,40)(H,36,41)(H,37,43). The maximum Gasteiger partial charge on any atom is 0.318 e. The minimum atomic E-state index is -1.03. The Morgan fingerprint density at radius 1 is 0.977 bits per heavy atom. The Morgan fingerprint density at radius 3 is 2.37 bits per heavy atom. The number of nitrogens with zero attached hydrogens (tertiary/aromatic N) is 3. The van der Waals surface area contributed by atoms with Gasteiger partial charge >= 0.3 is 6.03 Å². The van der Waals surface area contributed by atoms with Crippen molar-refractivity contribution in [1.29, 1.82) is 0 Å². The third-order valence-electron chi connectivity index (χ3n) is 7.95. The van der Waals surface area contributed by atoms with Crippen molar-refractivity contribution in [3.63, 3.8) is 0 Å². The number of carbonyl (C=O) groups excluding carboxylic acids is 4. The number of aromatic nitrogens is 2. The molecular formula is C32H43N7O4. The number of hydrogen-bond donors (Lipinski definition) is 4. The summed E-state index contributed by atoms with van der Waals surface area (Å²) in [6, 6.07) is 9.92. The monoisotopic (exact) mass is 589 g/mol. The lowest BCUT2D eigenvalue weighted by Crippen LogP contribution is -2.59. The number of likely N-dealkylation sites (tertiary alicyclic amines) is 1. The van der Waals surface area contributed by atoms with E-state index >= 15 is 0 Å². The fraction of sp³-hybridized carbons (Fsp3) is 0.469. The third kappa shape index (κ3) is 8.33. The molecule has 1 saturated heterocycles. The van der Waals surface area contributed by atoms with Gasteiger partial charge in [-0.15, -0.1) is 0 Å². The summed E-state index contributed by atoms with van der Waals surface area (Å²) in [5, 5.41) is 6.66. The molecule has 1 aliphatic heterocycles. The maximum atomic E-state index is 14.0. The van der Waals surface area contributed by atoms with E-state index in [4.69, 9.17) is 5.73 Å². The first-order chi connectivity index (χ1) is 20.6. The van der Waals surface area contributed by atoms with Crippen molar-refractivity contribution in [2.45, 2.75) is 70.5 Å². The van der Waals surface area contributed by atoms with Gasteiger partial charge in [-0.3, -0.25) is 19.4 Å². The van der Waals surface area contributed by atoms with Crippen LogP contribution >= 0.6 is 0 Å². The van der Waals surface area contributed by atoms with Crippen LogP contribution in [-0.2, 0) is 27.2 Å². The highest BCUT2D eigenvalue weighted by Gasteiger charge is 2.35. The summed E-state index contributed by atoms with van der Waals surface area (Å²) < 4.78 is 0. The number of fused-ring (bicyclic) bond motifs is 1. The van der Waals surface area contributed by atoms with Crippen molar-refractivity contribution in [2.24, 2.45) is 11.7 Å². The molecule has 3 aromatic rings. The van der Waals surface area contributed by atoms with E-state index in [1.54, 1.807) is 36.3 Å². The average Bonchev–Trinajstić information content (AvgIpc) is 3.41. The van der Waals surface area contributed by atoms with Crippen LogP contribution < -0.4 is 16.4 Å². The Kier molecular flexibility index (Phi) is 10.7. The lowest BCUT2D eigenvalue weighted by atomic mass is 9.99. The van der Waals surface area contributed by atoms with Gasteiger partial charge in [0.2, 0.25) is 17.7 Å². The molecular weight excluding hydrogens is 546 g/mol. The van der Waals surface area contributed by atoms with Crippen molar-refractivity contribution in [2.75, 3.05) is 20.1 Å². The summed E-state index contributed by atoms with van der Waals surface area (Å²) in [4.78, 5) is 64.1. The molecule has 43 heavy (non-hydrogen) atoms. The van der Waals surface area contributed by atoms with Crippen LogP contribution in [0.5, 0.6) is 0 Å². The number of nitrogens with two attached hydrogens (primary N) is 1. The molecule has 0 saturated carbocycles. The van der Waals surface area contributed by atoms with Crippen LogP contribution in [0, 0.1) is 5.92 Å². The summed E-state index contributed by atoms with van der Waals surface area (Å²) in [5.74, 6) is -1.49. The molecule has 0 spiro atoms. The van der Waals surface area contributed by atoms with Crippen LogP contribution in [0.1, 0.15) is 50.8 Å². The van der Waals surface area contributed by atoms with Crippen molar-refractivity contribution >= 4 is 34.7 Å². The Morgan fingerprint density at radius 2 is 1.70 bits per heavy atom. The molecule has 5 amide bonds. The normalized spacial score (nSPS) is 15.5. The minimum Gasteiger partial charge on any atom is -0.368 e. The summed E-state index contributed by atoms with van der Waals surface area (Å²) in [5.41, 5.74) is 8.03. The summed E-state index contributed by atoms with van der Waals surface area (Å²) in [6.07, 6.45) is 7.08. The molecule has 2 aromatic heterocycles. The van der Waals surface area contributed by atoms with Gasteiger partial charge in [0.1, 0.15) is 18.1 Å². The van der Waals surface area contributed by atoms with E-state index in [2.05, 4.69) is 20.6 Å². The Bertz CT molecular complexity index is 1400. The lowest BCUT2D eigenvalue weighted by molar-refractivity contribution is -0.141. The van der Waals surface area contributed by atoms with Crippen LogP contribution in [-0.4, -0.2) is 81.8 Å². The highest BCUT2D eigenvalue weighted by atomic mass is 16.2. The second-order valence-corrected chi connectivity index (χ2v) is 11.7. The Hall–Kier alpha value is -4.41. The number of para-hydroxylation sites is 1. The quantitative estimate of drug-likeness (QED) is 0.256. The fourth-order valence-electron chi connectivity index (χ4n) is 5.56. The van der Waals surface area contributed by atoms with Gasteiger partial charge in [-0.25, -0.2) is 4.79 Å². The summed E-state index contributed by atoms with van der Waals surface area (Å²) in [6.45, 7) is 5.28. The zero-order valence-corrected chi connectivity index (χ0v) is 25.2. The van der Waals surface area contributed by atoms with E-state index in [0.717, 1.165) is 35.7 Å². The number of aromatic amines is 1. The number of pyridine rings is 1. The van der Waals surface area contributed by atoms with Gasteiger partial charge in [-0.05, 0) is 55.4 Å². The van der Waals surface area contributed by atoms with Crippen molar-refractivity contribution in [3.05, 3.63) is 66.1 Å². The van der Waals surface area contributed by atoms with Gasteiger partial charge in [0.15, 0.2) is 0 Å². The number of likely N-dealkylation sites (N-methyl/N-ethyl adjacent to an activating group) is 1. The molecule has 0 radical (unpaired) electrons. The molecule has 3 unspecified atom stereocenters. The van der Waals surface area contributed by atoms with Gasteiger partial charge in [0.25, 0.3) is 0 Å². The number of urea groups is 1. The number of hydrogen-bond acceptors (Lipinski definition) is 5. The average molecular weight is 590 g/mol. The molecule has 3 heterocycles. The van der Waals surface area contributed by atoms with Gasteiger partial charge in [0.05, 0.1) is 0 Å². The lowest BCUT2D eigenvalue weighted by Gasteiger charge is -2.34. The first-order valence-electron chi connectivity index (χ1n) is 15.0. The van der Waals surface area contributed by atoms with E-state index in [1.807, 2.05) is 44.3 Å². The third-order valence-corrected chi connectivity index (χ3v) is 7.95. The highest BCUT2D eigenvalue weighted by molar-refractivity contribution is 5.94. The topological polar surface area (TPSA) is 154 Å². The van der Waals surface area contributed by atoms with Crippen molar-refractivity contribution in [3.8, 4) is 0 Å². The Labute approximate surface area is 252 Å². The van der Waals surface area contributed by atoms with Crippen molar-refractivity contribution < 1.29 is 19.2 Å². The molecule has 230 valence electrons. The predicted octanol–water partition coefficient (Wildman–Crippen LogP) is 2.76. The van der Waals surface area contributed by atoms with Crippen LogP contribution in [0.25, 0.3) is 10.9 Å². The second-order valence-electron chi connectivity index (χ2n) is 11.7. The van der Waals surface area contributed by atoms with E-state index in [1.165, 1.54) is 4.90 Å². The largest absolute Gasteiger partial charge is 0.368 e. The number of piperidine rings is 1. The molecule has 1 aliphatic rings. The zero-order chi connectivity index (χ0) is 30.9. The first-order valence-corrected chi connectivity index (χ1v) is 15.0. The predicted molar refractivity (Wildman–Crippen MR) is 165 cm³/mol. The van der Waals surface area contributed by atoms with E-state index in [0.29, 0.717) is 25.2 Å². The molecule has 0 bridgehead atoms. The van der Waals surface area contributed by atoms with Crippen LogP contribution in [0.2, 0.25) is 0 Å². The number of carbonyl (C=O) groups is 4. The van der Waals surface area contributed by atoms with Crippen LogP contribution in [0.4, 0.5) is 4.79 Å². The van der Waals surface area contributed by atoms with Gasteiger partial charge < -0.3 is 31.2 Å². The van der Waals surface area contributed by atoms with Gasteiger partial charge in [-0.1, -0.05) is 38.1 Å². The zero-order valence-electron chi connectivity index (χ0n) is 25.2. The molecule has 5 N–H and O–H groups in total. The fourth-order valence-corrected chi connectivity index (χ4v) is 5.56. The molecule has 1 fully saturated rings. The summed E-state index contributed by atoms with van der Waals surface area (Å²) in [7, 11) is 1.57. The minimum absolute atomic E-state index is 0.112. The number of amides is 5. The SMILES string of the molecule is CC(C)CC(NC(=O)N1CCCCC1)C(=O)N(C)C(Cc1c[nH]c2ccccc12)C(=O)NC(Cc1ccccn1)C(N)=O. The maximum absolute atomic E-state index is 14.0. The van der Waals surface area contributed by atoms with Gasteiger partial charge in [0, 0.05) is 62.0 Å². The summed E-state index contributed by atoms with van der Waals surface area (Å²) >= 11 is 0. The van der Waals surface area contributed by atoms with Crippen molar-refractivity contribution in [1.82, 2.24) is 30.4 Å². The number of nitrogens with one attached hydrogen (secondary N) is 3. The van der Waals surface area contributed by atoms with Crippen LogP contribution in [0.3, 0.4) is 0 Å². The van der Waals surface area contributed by atoms with E-state index < -0.39 is 29.9 Å². The van der Waals surface area contributed by atoms with E-state index in [9.17, 15) is 19.2 Å². The Balaban J connectivity index is 1.60. The number of primary amides is 1. The molecule has 11 nitrogen and oxygen atoms in total. The molecule has 0 aliphatic carbocycles. The molecule has 11 heteroatoms. The molecule has 1 aromatic carbocycles. The number of rotatable bonds is 12. The second kappa shape index (κ2) is 14.7. The van der Waals surface area contributed by atoms with E-state index in [-0.39, 0.29) is 30.7 Å². The number of H-pyrrole nitrogens is 1. The highest BCUT2D eigenvalue weighted by Crippen LogP contribution is 2.22.